The van der Waals surface area contributed by atoms with Crippen molar-refractivity contribution in [2.45, 2.75) is 6.92 Å². The van der Waals surface area contributed by atoms with Crippen LogP contribution in [0.25, 0.3) is 10.9 Å². The molecule has 0 radical (unpaired) electrons. The van der Waals surface area contributed by atoms with Gasteiger partial charge in [-0.25, -0.2) is 4.79 Å². The standard InChI is InChI=1S/C16H18BrN3O2/c1-2-22-16(21)13-10-19-14-9-11(17)3-4-12(14)15(13)20-7-5-18-6-8-20/h3-4,9-10,18H,2,5-8H2,1H3. The molecule has 2 heterocycles. The summed E-state index contributed by atoms with van der Waals surface area (Å²) in [5, 5.41) is 4.32. The molecule has 0 spiro atoms. The topological polar surface area (TPSA) is 54.5 Å². The first-order chi connectivity index (χ1) is 10.7. The van der Waals surface area contributed by atoms with Crippen LogP contribution in [0.1, 0.15) is 17.3 Å². The fraction of sp³-hybridized carbons (Fsp3) is 0.375. The summed E-state index contributed by atoms with van der Waals surface area (Å²) in [5.74, 6) is -0.312. The summed E-state index contributed by atoms with van der Waals surface area (Å²) in [6.07, 6.45) is 1.63. The van der Waals surface area contributed by atoms with Gasteiger partial charge in [0.1, 0.15) is 5.56 Å². The van der Waals surface area contributed by atoms with Gasteiger partial charge in [0.15, 0.2) is 0 Å². The number of carbonyl (C=O) groups excluding carboxylic acids is 1. The van der Waals surface area contributed by atoms with E-state index in [2.05, 4.69) is 31.1 Å². The van der Waals surface area contributed by atoms with Gasteiger partial charge in [0.2, 0.25) is 0 Å². The third-order valence-electron chi connectivity index (χ3n) is 3.73. The highest BCUT2D eigenvalue weighted by atomic mass is 79.9. The number of hydrogen-bond acceptors (Lipinski definition) is 5. The van der Waals surface area contributed by atoms with Crippen molar-refractivity contribution in [2.24, 2.45) is 0 Å². The van der Waals surface area contributed by atoms with Gasteiger partial charge in [-0.05, 0) is 25.1 Å². The summed E-state index contributed by atoms with van der Waals surface area (Å²) in [4.78, 5) is 19.0. The minimum absolute atomic E-state index is 0.312. The van der Waals surface area contributed by atoms with E-state index in [9.17, 15) is 4.79 Å². The average Bonchev–Trinajstić information content (AvgIpc) is 2.54. The largest absolute Gasteiger partial charge is 0.462 e. The number of aromatic nitrogens is 1. The van der Waals surface area contributed by atoms with Crippen molar-refractivity contribution in [3.05, 3.63) is 34.4 Å². The Labute approximate surface area is 137 Å². The Morgan fingerprint density at radius 1 is 1.41 bits per heavy atom. The molecule has 1 aliphatic rings. The van der Waals surface area contributed by atoms with Crippen molar-refractivity contribution in [2.75, 3.05) is 37.7 Å². The Balaban J connectivity index is 2.16. The molecule has 0 atom stereocenters. The molecule has 0 unspecified atom stereocenters. The van der Waals surface area contributed by atoms with Gasteiger partial charge in [-0.15, -0.1) is 0 Å². The average molecular weight is 364 g/mol. The van der Waals surface area contributed by atoms with Crippen molar-refractivity contribution in [3.63, 3.8) is 0 Å². The molecule has 22 heavy (non-hydrogen) atoms. The van der Waals surface area contributed by atoms with Crippen LogP contribution in [-0.4, -0.2) is 43.7 Å². The van der Waals surface area contributed by atoms with Gasteiger partial charge >= 0.3 is 5.97 Å². The van der Waals surface area contributed by atoms with Crippen LogP contribution in [0.5, 0.6) is 0 Å². The van der Waals surface area contributed by atoms with Crippen molar-refractivity contribution >= 4 is 38.5 Å². The van der Waals surface area contributed by atoms with E-state index < -0.39 is 0 Å². The van der Waals surface area contributed by atoms with E-state index in [1.165, 1.54) is 0 Å². The first-order valence-corrected chi connectivity index (χ1v) is 8.21. The normalized spacial score (nSPS) is 15.1. The molecule has 6 heteroatoms. The number of pyridine rings is 1. The number of fused-ring (bicyclic) bond motifs is 1. The van der Waals surface area contributed by atoms with E-state index in [1.54, 1.807) is 6.20 Å². The molecule has 1 fully saturated rings. The SMILES string of the molecule is CCOC(=O)c1cnc2cc(Br)ccc2c1N1CCNCC1. The van der Waals surface area contributed by atoms with E-state index in [-0.39, 0.29) is 5.97 Å². The Morgan fingerprint density at radius 2 is 2.18 bits per heavy atom. The molecule has 0 bridgehead atoms. The summed E-state index contributed by atoms with van der Waals surface area (Å²) in [7, 11) is 0. The van der Waals surface area contributed by atoms with Crippen molar-refractivity contribution in [3.8, 4) is 0 Å². The zero-order valence-corrected chi connectivity index (χ0v) is 14.0. The number of rotatable bonds is 3. The maximum Gasteiger partial charge on any atom is 0.341 e. The van der Waals surface area contributed by atoms with Crippen LogP contribution in [0.3, 0.4) is 0 Å². The maximum absolute atomic E-state index is 12.3. The maximum atomic E-state index is 12.3. The lowest BCUT2D eigenvalue weighted by atomic mass is 10.1. The van der Waals surface area contributed by atoms with Crippen LogP contribution < -0.4 is 10.2 Å². The van der Waals surface area contributed by atoms with Gasteiger partial charge < -0.3 is 15.0 Å². The number of carbonyl (C=O) groups is 1. The second-order valence-electron chi connectivity index (χ2n) is 5.14. The van der Waals surface area contributed by atoms with Gasteiger partial charge in [-0.2, -0.15) is 0 Å². The molecule has 1 aromatic carbocycles. The van der Waals surface area contributed by atoms with E-state index in [0.29, 0.717) is 12.2 Å². The van der Waals surface area contributed by atoms with Gasteiger partial charge in [-0.3, -0.25) is 4.98 Å². The van der Waals surface area contributed by atoms with Crippen LogP contribution in [0, 0.1) is 0 Å². The van der Waals surface area contributed by atoms with E-state index in [4.69, 9.17) is 4.74 Å². The molecule has 1 aliphatic heterocycles. The molecular formula is C16H18BrN3O2. The highest BCUT2D eigenvalue weighted by molar-refractivity contribution is 9.10. The fourth-order valence-corrected chi connectivity index (χ4v) is 3.09. The van der Waals surface area contributed by atoms with E-state index >= 15 is 0 Å². The third kappa shape index (κ3) is 2.94. The molecule has 1 aromatic heterocycles. The molecule has 2 aromatic rings. The molecule has 1 N–H and O–H groups in total. The molecule has 0 aliphatic carbocycles. The van der Waals surface area contributed by atoms with Gasteiger partial charge in [0.25, 0.3) is 0 Å². The number of nitrogens with one attached hydrogen (secondary N) is 1. The molecule has 0 amide bonds. The van der Waals surface area contributed by atoms with Crippen LogP contribution in [0.2, 0.25) is 0 Å². The summed E-state index contributed by atoms with van der Waals surface area (Å²) in [5.41, 5.74) is 2.34. The number of benzene rings is 1. The van der Waals surface area contributed by atoms with Crippen LogP contribution >= 0.6 is 15.9 Å². The van der Waals surface area contributed by atoms with E-state index in [1.807, 2.05) is 25.1 Å². The highest BCUT2D eigenvalue weighted by Gasteiger charge is 2.22. The zero-order chi connectivity index (χ0) is 15.5. The first kappa shape index (κ1) is 15.2. The van der Waals surface area contributed by atoms with Crippen LogP contribution in [0.15, 0.2) is 28.9 Å². The predicted octanol–water partition coefficient (Wildman–Crippen LogP) is 2.58. The van der Waals surface area contributed by atoms with Gasteiger partial charge in [0.05, 0.1) is 17.8 Å². The first-order valence-electron chi connectivity index (χ1n) is 7.41. The smallest absolute Gasteiger partial charge is 0.341 e. The van der Waals surface area contributed by atoms with Crippen LogP contribution in [-0.2, 0) is 4.74 Å². The summed E-state index contributed by atoms with van der Waals surface area (Å²) < 4.78 is 6.18. The van der Waals surface area contributed by atoms with Gasteiger partial charge in [-0.1, -0.05) is 15.9 Å². The lowest BCUT2D eigenvalue weighted by molar-refractivity contribution is 0.0527. The molecule has 3 rings (SSSR count). The fourth-order valence-electron chi connectivity index (χ4n) is 2.74. The highest BCUT2D eigenvalue weighted by Crippen LogP contribution is 2.32. The third-order valence-corrected chi connectivity index (χ3v) is 4.22. The molecule has 5 nitrogen and oxygen atoms in total. The molecular weight excluding hydrogens is 346 g/mol. The van der Waals surface area contributed by atoms with E-state index in [0.717, 1.165) is 47.2 Å². The Hall–Kier alpha value is -1.66. The van der Waals surface area contributed by atoms with Crippen molar-refractivity contribution in [1.29, 1.82) is 0 Å². The number of ether oxygens (including phenoxy) is 1. The van der Waals surface area contributed by atoms with Crippen molar-refractivity contribution < 1.29 is 9.53 Å². The number of nitrogens with zero attached hydrogens (tertiary/aromatic N) is 2. The number of piperazine rings is 1. The van der Waals surface area contributed by atoms with Crippen molar-refractivity contribution in [1.82, 2.24) is 10.3 Å². The number of anilines is 1. The molecule has 1 saturated heterocycles. The molecule has 0 saturated carbocycles. The van der Waals surface area contributed by atoms with Gasteiger partial charge in [0, 0.05) is 42.2 Å². The number of halogens is 1. The number of esters is 1. The summed E-state index contributed by atoms with van der Waals surface area (Å²) in [6.45, 7) is 5.71. The quantitative estimate of drug-likeness (QED) is 0.849. The summed E-state index contributed by atoms with van der Waals surface area (Å²) >= 11 is 3.47. The lowest BCUT2D eigenvalue weighted by Gasteiger charge is -2.31. The van der Waals surface area contributed by atoms with Crippen LogP contribution in [0.4, 0.5) is 5.69 Å². The minimum Gasteiger partial charge on any atom is -0.462 e. The summed E-state index contributed by atoms with van der Waals surface area (Å²) in [6, 6.07) is 5.95. The Morgan fingerprint density at radius 3 is 2.91 bits per heavy atom. The Bertz CT molecular complexity index is 699. The minimum atomic E-state index is -0.312. The second-order valence-corrected chi connectivity index (χ2v) is 6.06. The predicted molar refractivity (Wildman–Crippen MR) is 90.5 cm³/mol. The zero-order valence-electron chi connectivity index (χ0n) is 12.4. The molecule has 116 valence electrons. The Kier molecular flexibility index (Phi) is 4.59. The second kappa shape index (κ2) is 6.62. The monoisotopic (exact) mass is 363 g/mol. The lowest BCUT2D eigenvalue weighted by Crippen LogP contribution is -2.44. The number of hydrogen-bond donors (Lipinski definition) is 1.